The molecule has 0 bridgehead atoms. The largest absolute Gasteiger partial charge is 0.508 e. The van der Waals surface area contributed by atoms with Crippen LogP contribution >= 0.6 is 0 Å². The van der Waals surface area contributed by atoms with Crippen LogP contribution in [0.15, 0.2) is 47.4 Å². The van der Waals surface area contributed by atoms with Gasteiger partial charge >= 0.3 is 0 Å². The van der Waals surface area contributed by atoms with Gasteiger partial charge in [0.2, 0.25) is 0 Å². The summed E-state index contributed by atoms with van der Waals surface area (Å²) < 4.78 is 25.0. The van der Waals surface area contributed by atoms with Crippen molar-refractivity contribution in [2.24, 2.45) is 0 Å². The van der Waals surface area contributed by atoms with Crippen LogP contribution in [-0.2, 0) is 10.0 Å². The van der Waals surface area contributed by atoms with E-state index in [2.05, 4.69) is 5.43 Å². The first-order valence-corrected chi connectivity index (χ1v) is 9.91. The number of nitro groups is 1. The zero-order valence-electron chi connectivity index (χ0n) is 14.7. The van der Waals surface area contributed by atoms with Gasteiger partial charge in [-0.3, -0.25) is 20.3 Å². The third kappa shape index (κ3) is 4.21. The monoisotopic (exact) mass is 406 g/mol. The fraction of sp³-hybridized carbons (Fsp3) is 0.235. The molecule has 0 spiro atoms. The van der Waals surface area contributed by atoms with E-state index in [0.717, 1.165) is 25.0 Å². The van der Waals surface area contributed by atoms with Crippen LogP contribution < -0.4 is 15.2 Å². The van der Waals surface area contributed by atoms with Crippen molar-refractivity contribution >= 4 is 27.3 Å². The highest BCUT2D eigenvalue weighted by molar-refractivity contribution is 7.89. The maximum absolute atomic E-state index is 12.5. The average Bonchev–Trinajstić information content (AvgIpc) is 3.21. The zero-order chi connectivity index (χ0) is 20.3. The molecule has 2 aromatic rings. The summed E-state index contributed by atoms with van der Waals surface area (Å²) in [6.07, 6.45) is 1.74. The summed E-state index contributed by atoms with van der Waals surface area (Å²) >= 11 is 0. The number of sulfonamides is 1. The van der Waals surface area contributed by atoms with Gasteiger partial charge in [-0.2, -0.15) is 0 Å². The van der Waals surface area contributed by atoms with E-state index in [1.54, 1.807) is 4.90 Å². The molecule has 1 aliphatic heterocycles. The fourth-order valence-electron chi connectivity index (χ4n) is 2.89. The van der Waals surface area contributed by atoms with Gasteiger partial charge in [-0.05, 0) is 49.2 Å². The lowest BCUT2D eigenvalue weighted by Crippen LogP contribution is -2.41. The van der Waals surface area contributed by atoms with Gasteiger partial charge in [-0.15, -0.1) is 4.83 Å². The number of hydrogen-bond acceptors (Lipinski definition) is 7. The molecule has 1 aliphatic rings. The number of nitrogens with zero attached hydrogens (tertiary/aromatic N) is 2. The molecular weight excluding hydrogens is 388 g/mol. The minimum absolute atomic E-state index is 0.0301. The molecule has 0 saturated carbocycles. The number of benzene rings is 2. The topological polar surface area (TPSA) is 142 Å². The highest BCUT2D eigenvalue weighted by Gasteiger charge is 2.26. The van der Waals surface area contributed by atoms with Crippen molar-refractivity contribution in [1.29, 1.82) is 0 Å². The molecule has 10 nitrogen and oxygen atoms in total. The molecule has 2 aromatic carbocycles. The minimum Gasteiger partial charge on any atom is -0.508 e. The Morgan fingerprint density at radius 1 is 1.11 bits per heavy atom. The molecule has 28 heavy (non-hydrogen) atoms. The molecule has 0 radical (unpaired) electrons. The maximum Gasteiger partial charge on any atom is 0.292 e. The van der Waals surface area contributed by atoms with E-state index >= 15 is 0 Å². The Hall–Kier alpha value is -3.18. The number of nitro benzene ring substituents is 1. The molecule has 1 heterocycles. The van der Waals surface area contributed by atoms with Crippen molar-refractivity contribution in [2.75, 3.05) is 18.0 Å². The van der Waals surface area contributed by atoms with E-state index in [4.69, 9.17) is 0 Å². The summed E-state index contributed by atoms with van der Waals surface area (Å²) in [5, 5.41) is 20.5. The Labute approximate surface area is 161 Å². The highest BCUT2D eigenvalue weighted by atomic mass is 32.2. The van der Waals surface area contributed by atoms with Crippen LogP contribution in [0.25, 0.3) is 0 Å². The molecular formula is C17H18N4O6S. The number of aromatic hydroxyl groups is 1. The van der Waals surface area contributed by atoms with Gasteiger partial charge < -0.3 is 10.0 Å². The van der Waals surface area contributed by atoms with Crippen LogP contribution in [0.5, 0.6) is 5.75 Å². The Morgan fingerprint density at radius 3 is 2.36 bits per heavy atom. The van der Waals surface area contributed by atoms with Gasteiger partial charge in [0.1, 0.15) is 11.4 Å². The quantitative estimate of drug-likeness (QED) is 0.488. The molecule has 1 fully saturated rings. The molecule has 11 heteroatoms. The van der Waals surface area contributed by atoms with Crippen molar-refractivity contribution < 1.29 is 23.2 Å². The minimum atomic E-state index is -4.15. The lowest BCUT2D eigenvalue weighted by molar-refractivity contribution is -0.384. The third-order valence-corrected chi connectivity index (χ3v) is 5.57. The van der Waals surface area contributed by atoms with Crippen LogP contribution in [0.2, 0.25) is 0 Å². The van der Waals surface area contributed by atoms with Crippen molar-refractivity contribution in [3.63, 3.8) is 0 Å². The number of nitrogens with one attached hydrogen (secondary N) is 2. The lowest BCUT2D eigenvalue weighted by atomic mass is 10.2. The molecule has 1 saturated heterocycles. The maximum atomic E-state index is 12.5. The predicted octanol–water partition coefficient (Wildman–Crippen LogP) is 1.52. The number of rotatable bonds is 6. The summed E-state index contributed by atoms with van der Waals surface area (Å²) in [6.45, 7) is 1.21. The van der Waals surface area contributed by atoms with E-state index in [0.29, 0.717) is 13.1 Å². The van der Waals surface area contributed by atoms with E-state index in [1.165, 1.54) is 30.3 Å². The van der Waals surface area contributed by atoms with Gasteiger partial charge in [0.05, 0.1) is 9.82 Å². The van der Waals surface area contributed by atoms with Crippen LogP contribution in [0.3, 0.4) is 0 Å². The fourth-order valence-corrected chi connectivity index (χ4v) is 3.75. The van der Waals surface area contributed by atoms with E-state index in [9.17, 15) is 28.4 Å². The Balaban J connectivity index is 1.81. The van der Waals surface area contributed by atoms with Gasteiger partial charge in [0, 0.05) is 24.7 Å². The summed E-state index contributed by atoms with van der Waals surface area (Å²) in [7, 11) is -4.15. The van der Waals surface area contributed by atoms with Crippen molar-refractivity contribution in [3.05, 3.63) is 58.1 Å². The SMILES string of the molecule is O=C(NNS(=O)(=O)c1ccc([N+](=O)[O-])c(N2CCCC2)c1)c1ccc(O)cc1. The number of carbonyl (C=O) groups excluding carboxylic acids is 1. The second kappa shape index (κ2) is 7.82. The van der Waals surface area contributed by atoms with Crippen molar-refractivity contribution in [1.82, 2.24) is 10.3 Å². The second-order valence-electron chi connectivity index (χ2n) is 6.21. The van der Waals surface area contributed by atoms with Crippen LogP contribution in [0.1, 0.15) is 23.2 Å². The van der Waals surface area contributed by atoms with Gasteiger partial charge in [0.25, 0.3) is 21.6 Å². The van der Waals surface area contributed by atoms with Crippen LogP contribution in [-0.4, -0.2) is 37.4 Å². The van der Waals surface area contributed by atoms with Gasteiger partial charge in [0.15, 0.2) is 0 Å². The third-order valence-electron chi connectivity index (χ3n) is 4.33. The molecule has 3 N–H and O–H groups in total. The number of anilines is 1. The molecule has 0 aliphatic carbocycles. The number of hydrogen-bond donors (Lipinski definition) is 3. The van der Waals surface area contributed by atoms with Crippen molar-refractivity contribution in [3.8, 4) is 5.75 Å². The average molecular weight is 406 g/mol. The Morgan fingerprint density at radius 2 is 1.75 bits per heavy atom. The molecule has 3 rings (SSSR count). The summed E-state index contributed by atoms with van der Waals surface area (Å²) in [4.78, 5) is 26.3. The van der Waals surface area contributed by atoms with Crippen LogP contribution in [0, 0.1) is 10.1 Å². The van der Waals surface area contributed by atoms with E-state index in [1.807, 2.05) is 4.83 Å². The first-order valence-electron chi connectivity index (χ1n) is 8.42. The number of phenolic OH excluding ortho intramolecular Hbond substituents is 1. The smallest absolute Gasteiger partial charge is 0.292 e. The van der Waals surface area contributed by atoms with Gasteiger partial charge in [-0.1, -0.05) is 0 Å². The lowest BCUT2D eigenvalue weighted by Gasteiger charge is -2.18. The Bertz CT molecular complexity index is 1000. The normalized spacial score (nSPS) is 14.1. The molecule has 148 valence electrons. The Kier molecular flexibility index (Phi) is 5.47. The zero-order valence-corrected chi connectivity index (χ0v) is 15.5. The predicted molar refractivity (Wildman–Crippen MR) is 100 cm³/mol. The summed E-state index contributed by atoms with van der Waals surface area (Å²) in [6, 6.07) is 8.74. The number of hydrazine groups is 1. The molecule has 0 unspecified atom stereocenters. The number of phenols is 1. The van der Waals surface area contributed by atoms with E-state index < -0.39 is 20.9 Å². The van der Waals surface area contributed by atoms with Gasteiger partial charge in [-0.25, -0.2) is 8.42 Å². The molecule has 1 amide bonds. The van der Waals surface area contributed by atoms with E-state index in [-0.39, 0.29) is 27.6 Å². The first-order chi connectivity index (χ1) is 13.3. The number of carbonyl (C=O) groups is 1. The highest BCUT2D eigenvalue weighted by Crippen LogP contribution is 2.32. The number of amides is 1. The standard InChI is InChI=1S/C17H18N4O6S/c22-13-5-3-12(4-6-13)17(23)18-19-28(26,27)14-7-8-15(21(24)25)16(11-14)20-9-1-2-10-20/h3-8,11,19,22H,1-2,9-10H2,(H,18,23). The molecule has 0 atom stereocenters. The first kappa shape index (κ1) is 19.6. The summed E-state index contributed by atoms with van der Waals surface area (Å²) in [5.41, 5.74) is 2.28. The molecule has 0 aromatic heterocycles. The second-order valence-corrected chi connectivity index (χ2v) is 7.89. The van der Waals surface area contributed by atoms with Crippen LogP contribution in [0.4, 0.5) is 11.4 Å². The summed E-state index contributed by atoms with van der Waals surface area (Å²) in [5.74, 6) is -0.747. The van der Waals surface area contributed by atoms with Crippen molar-refractivity contribution in [2.45, 2.75) is 17.7 Å².